The molecule has 2 aromatic heterocycles. The first-order valence-electron chi connectivity index (χ1n) is 8.99. The van der Waals surface area contributed by atoms with Crippen LogP contribution in [0.5, 0.6) is 11.6 Å². The van der Waals surface area contributed by atoms with E-state index in [1.165, 1.54) is 6.07 Å². The molecule has 0 aliphatic rings. The van der Waals surface area contributed by atoms with E-state index in [9.17, 15) is 13.2 Å². The van der Waals surface area contributed by atoms with Gasteiger partial charge in [0.15, 0.2) is 0 Å². The van der Waals surface area contributed by atoms with E-state index in [-0.39, 0.29) is 11.6 Å². The Morgan fingerprint density at radius 3 is 2.45 bits per heavy atom. The van der Waals surface area contributed by atoms with Crippen LogP contribution >= 0.6 is 0 Å². The van der Waals surface area contributed by atoms with Crippen molar-refractivity contribution in [3.8, 4) is 22.8 Å². The molecule has 0 atom stereocenters. The maximum absolute atomic E-state index is 13.3. The molecule has 0 saturated carbocycles. The summed E-state index contributed by atoms with van der Waals surface area (Å²) in [7, 11) is 0. The fourth-order valence-electron chi connectivity index (χ4n) is 3.05. The molecule has 0 N–H and O–H groups in total. The Kier molecular flexibility index (Phi) is 4.70. The quantitative estimate of drug-likeness (QED) is 0.387. The van der Waals surface area contributed by atoms with Gasteiger partial charge in [0.25, 0.3) is 0 Å². The van der Waals surface area contributed by atoms with E-state index < -0.39 is 11.7 Å². The molecular formula is C23H17F3N2O. The van der Waals surface area contributed by atoms with Gasteiger partial charge in [0.1, 0.15) is 5.75 Å². The number of pyridine rings is 2. The van der Waals surface area contributed by atoms with Gasteiger partial charge in [-0.25, -0.2) is 4.98 Å². The highest BCUT2D eigenvalue weighted by atomic mass is 19.4. The topological polar surface area (TPSA) is 35.0 Å². The first-order chi connectivity index (χ1) is 13.8. The summed E-state index contributed by atoms with van der Waals surface area (Å²) < 4.78 is 45.7. The summed E-state index contributed by atoms with van der Waals surface area (Å²) in [5, 5.41) is 0.818. The van der Waals surface area contributed by atoms with Crippen LogP contribution in [-0.4, -0.2) is 9.97 Å². The number of benzene rings is 2. The monoisotopic (exact) mass is 394 g/mol. The average Bonchev–Trinajstić information content (AvgIpc) is 2.69. The zero-order valence-corrected chi connectivity index (χ0v) is 15.8. The molecule has 6 heteroatoms. The summed E-state index contributed by atoms with van der Waals surface area (Å²) >= 11 is 0. The van der Waals surface area contributed by atoms with Gasteiger partial charge in [-0.1, -0.05) is 24.3 Å². The Morgan fingerprint density at radius 2 is 1.69 bits per heavy atom. The Bertz CT molecular complexity index is 1200. The second kappa shape index (κ2) is 7.20. The third-order valence-corrected chi connectivity index (χ3v) is 4.81. The van der Waals surface area contributed by atoms with Crippen molar-refractivity contribution in [2.45, 2.75) is 20.0 Å². The standard InChI is InChI=1S/C23H17F3N2O/c1-14-3-4-16(11-15(14)2)19-7-6-18(23(24,25)26)12-21(19)29-22-8-5-17-13-27-10-9-20(17)28-22/h3-13H,1-2H3. The molecule has 3 nitrogen and oxygen atoms in total. The third kappa shape index (κ3) is 3.92. The highest BCUT2D eigenvalue weighted by molar-refractivity contribution is 5.78. The molecular weight excluding hydrogens is 377 g/mol. The van der Waals surface area contributed by atoms with Gasteiger partial charge in [0.2, 0.25) is 5.88 Å². The lowest BCUT2D eigenvalue weighted by molar-refractivity contribution is -0.137. The third-order valence-electron chi connectivity index (χ3n) is 4.81. The van der Waals surface area contributed by atoms with Crippen molar-refractivity contribution in [2.24, 2.45) is 0 Å². The minimum absolute atomic E-state index is 0.101. The van der Waals surface area contributed by atoms with Crippen LogP contribution < -0.4 is 4.74 Å². The van der Waals surface area contributed by atoms with E-state index in [2.05, 4.69) is 9.97 Å². The van der Waals surface area contributed by atoms with Gasteiger partial charge < -0.3 is 4.74 Å². The molecule has 0 radical (unpaired) electrons. The highest BCUT2D eigenvalue weighted by Crippen LogP contribution is 2.39. The molecule has 0 bridgehead atoms. The number of aryl methyl sites for hydroxylation is 2. The lowest BCUT2D eigenvalue weighted by atomic mass is 9.98. The van der Waals surface area contributed by atoms with Gasteiger partial charge in [-0.2, -0.15) is 13.2 Å². The van der Waals surface area contributed by atoms with Crippen LogP contribution in [0.1, 0.15) is 16.7 Å². The molecule has 0 spiro atoms. The van der Waals surface area contributed by atoms with E-state index in [1.54, 1.807) is 30.6 Å². The first-order valence-corrected chi connectivity index (χ1v) is 8.99. The van der Waals surface area contributed by atoms with E-state index in [4.69, 9.17) is 4.74 Å². The van der Waals surface area contributed by atoms with Gasteiger partial charge >= 0.3 is 6.18 Å². The zero-order valence-electron chi connectivity index (χ0n) is 15.8. The normalized spacial score (nSPS) is 11.6. The summed E-state index contributed by atoms with van der Waals surface area (Å²) in [5.41, 5.74) is 3.37. The van der Waals surface area contributed by atoms with Crippen LogP contribution in [0.4, 0.5) is 13.2 Å². The fourth-order valence-corrected chi connectivity index (χ4v) is 3.05. The Hall–Kier alpha value is -3.41. The molecule has 2 aromatic carbocycles. The van der Waals surface area contributed by atoms with Crippen LogP contribution in [0.2, 0.25) is 0 Å². The summed E-state index contributed by atoms with van der Waals surface area (Å²) in [4.78, 5) is 8.41. The molecule has 146 valence electrons. The number of hydrogen-bond acceptors (Lipinski definition) is 3. The number of aromatic nitrogens is 2. The van der Waals surface area contributed by atoms with E-state index in [0.29, 0.717) is 11.1 Å². The second-order valence-electron chi connectivity index (χ2n) is 6.83. The minimum Gasteiger partial charge on any atom is -0.438 e. The first kappa shape index (κ1) is 18.9. The number of halogens is 3. The van der Waals surface area contributed by atoms with Crippen molar-refractivity contribution >= 4 is 10.9 Å². The van der Waals surface area contributed by atoms with Crippen LogP contribution in [0.15, 0.2) is 67.0 Å². The van der Waals surface area contributed by atoms with Crippen LogP contribution in [0, 0.1) is 13.8 Å². The van der Waals surface area contributed by atoms with Gasteiger partial charge in [0, 0.05) is 29.4 Å². The van der Waals surface area contributed by atoms with Crippen molar-refractivity contribution < 1.29 is 17.9 Å². The van der Waals surface area contributed by atoms with E-state index >= 15 is 0 Å². The number of nitrogens with zero attached hydrogens (tertiary/aromatic N) is 2. The van der Waals surface area contributed by atoms with Crippen LogP contribution in [0.25, 0.3) is 22.0 Å². The summed E-state index contributed by atoms with van der Waals surface area (Å²) in [6, 6.07) is 14.4. The highest BCUT2D eigenvalue weighted by Gasteiger charge is 2.31. The number of hydrogen-bond donors (Lipinski definition) is 0. The number of rotatable bonds is 3. The molecule has 0 unspecified atom stereocenters. The SMILES string of the molecule is Cc1ccc(-c2ccc(C(F)(F)F)cc2Oc2ccc3cnccc3n2)cc1C. The molecule has 2 heterocycles. The molecule has 0 amide bonds. The van der Waals surface area contributed by atoms with Gasteiger partial charge in [-0.05, 0) is 54.8 Å². The number of alkyl halides is 3. The van der Waals surface area contributed by atoms with Gasteiger partial charge in [0.05, 0.1) is 11.1 Å². The Balaban J connectivity index is 1.82. The molecule has 0 aliphatic heterocycles. The number of ether oxygens (including phenoxy) is 1. The smallest absolute Gasteiger partial charge is 0.416 e. The summed E-state index contributed by atoms with van der Waals surface area (Å²) in [6.45, 7) is 3.94. The van der Waals surface area contributed by atoms with E-state index in [0.717, 1.165) is 34.2 Å². The lowest BCUT2D eigenvalue weighted by Gasteiger charge is -2.15. The maximum atomic E-state index is 13.3. The van der Waals surface area contributed by atoms with Crippen molar-refractivity contribution in [3.05, 3.63) is 83.7 Å². The van der Waals surface area contributed by atoms with E-state index in [1.807, 2.05) is 32.0 Å². The Morgan fingerprint density at radius 1 is 0.862 bits per heavy atom. The maximum Gasteiger partial charge on any atom is 0.416 e. The summed E-state index contributed by atoms with van der Waals surface area (Å²) in [5.74, 6) is 0.317. The van der Waals surface area contributed by atoms with Crippen molar-refractivity contribution in [2.75, 3.05) is 0 Å². The minimum atomic E-state index is -4.47. The molecule has 0 fully saturated rings. The van der Waals surface area contributed by atoms with Gasteiger partial charge in [-0.3, -0.25) is 4.98 Å². The van der Waals surface area contributed by atoms with Crippen molar-refractivity contribution in [1.29, 1.82) is 0 Å². The Labute approximate surface area is 165 Å². The van der Waals surface area contributed by atoms with Crippen molar-refractivity contribution in [1.82, 2.24) is 9.97 Å². The number of fused-ring (bicyclic) bond motifs is 1. The van der Waals surface area contributed by atoms with Crippen LogP contribution in [-0.2, 0) is 6.18 Å². The second-order valence-corrected chi connectivity index (χ2v) is 6.83. The molecule has 4 aromatic rings. The lowest BCUT2D eigenvalue weighted by Crippen LogP contribution is -2.05. The molecule has 29 heavy (non-hydrogen) atoms. The molecule has 0 aliphatic carbocycles. The largest absolute Gasteiger partial charge is 0.438 e. The fraction of sp³-hybridized carbons (Fsp3) is 0.130. The van der Waals surface area contributed by atoms with Crippen molar-refractivity contribution in [3.63, 3.8) is 0 Å². The predicted octanol–water partition coefficient (Wildman–Crippen LogP) is 6.72. The molecule has 4 rings (SSSR count). The molecule has 0 saturated heterocycles. The summed E-state index contributed by atoms with van der Waals surface area (Å²) in [6.07, 6.45) is -1.21. The zero-order chi connectivity index (χ0) is 20.6. The predicted molar refractivity (Wildman–Crippen MR) is 106 cm³/mol. The average molecular weight is 394 g/mol. The van der Waals surface area contributed by atoms with Gasteiger partial charge in [-0.15, -0.1) is 0 Å². The van der Waals surface area contributed by atoms with Crippen LogP contribution in [0.3, 0.4) is 0 Å².